The molecule has 3 aromatic rings. The van der Waals surface area contributed by atoms with Gasteiger partial charge in [-0.1, -0.05) is 25.1 Å². The van der Waals surface area contributed by atoms with E-state index in [2.05, 4.69) is 28.3 Å². The number of anilines is 1. The number of carbonyl (C=O) groups is 2. The zero-order valence-electron chi connectivity index (χ0n) is 27.3. The standard InChI is InChI=1S/C18H24O2.C17H18N4O6S/c1-18-9-8-14-13-5-3-12(19)10-11(13)2-4-15(14)16(18)6-7-17(18)20;1-10-7-11(2)19-16(18-10)20-17(23)21-28(24,25)14-6-4-3-5-13(14)15(22)27-12-8-26-9-12/h3,5,10,14-17,19-20H,2,4,6-9H2,1H3;3-7,12H,8-9H2,1-2H3,(H2,18,19,20,21,23)/t14-,15-,16+,17+,18+;/m1./s1. The van der Waals surface area contributed by atoms with Crippen LogP contribution in [0.3, 0.4) is 0 Å². The lowest BCUT2D eigenvalue weighted by Crippen LogP contribution is -2.43. The van der Waals surface area contributed by atoms with E-state index >= 15 is 0 Å². The van der Waals surface area contributed by atoms with Crippen molar-refractivity contribution in [1.29, 1.82) is 0 Å². The molecule has 3 fully saturated rings. The first-order valence-corrected chi connectivity index (χ1v) is 17.9. The van der Waals surface area contributed by atoms with Gasteiger partial charge in [-0.05, 0) is 117 Å². The van der Waals surface area contributed by atoms with Crippen LogP contribution in [0.25, 0.3) is 0 Å². The molecule has 1 aliphatic heterocycles. The summed E-state index contributed by atoms with van der Waals surface area (Å²) in [5, 5.41) is 22.3. The third-order valence-corrected chi connectivity index (χ3v) is 11.8. The molecular weight excluding hydrogens is 636 g/mol. The number of phenolic OH excluding ortho intramolecular Hbond substituents is 1. The largest absolute Gasteiger partial charge is 0.508 e. The second-order valence-electron chi connectivity index (χ2n) is 13.5. The van der Waals surface area contributed by atoms with E-state index in [4.69, 9.17) is 9.47 Å². The molecule has 1 saturated heterocycles. The third-order valence-electron chi connectivity index (χ3n) is 10.4. The van der Waals surface area contributed by atoms with Gasteiger partial charge in [0.05, 0.1) is 24.9 Å². The average molecular weight is 679 g/mol. The Bertz CT molecular complexity index is 1790. The Kier molecular flexibility index (Phi) is 9.47. The van der Waals surface area contributed by atoms with E-state index in [0.717, 1.165) is 25.2 Å². The quantitative estimate of drug-likeness (QED) is 0.275. The van der Waals surface area contributed by atoms with Gasteiger partial charge in [0.15, 0.2) is 0 Å². The van der Waals surface area contributed by atoms with Crippen LogP contribution in [0.1, 0.15) is 77.8 Å². The van der Waals surface area contributed by atoms with Gasteiger partial charge in [-0.2, -0.15) is 0 Å². The van der Waals surface area contributed by atoms with Gasteiger partial charge in [-0.3, -0.25) is 5.32 Å². The van der Waals surface area contributed by atoms with E-state index in [1.54, 1.807) is 19.9 Å². The van der Waals surface area contributed by atoms with Crippen molar-refractivity contribution < 1.29 is 37.7 Å². The van der Waals surface area contributed by atoms with Crippen LogP contribution in [0, 0.1) is 31.1 Å². The number of hydrogen-bond acceptors (Lipinski definition) is 10. The van der Waals surface area contributed by atoms with Gasteiger partial charge in [0, 0.05) is 11.4 Å². The minimum absolute atomic E-state index is 0.0390. The fraction of sp³-hybridized carbons (Fsp3) is 0.486. The maximum atomic E-state index is 12.6. The number of aromatic hydroxyl groups is 1. The monoisotopic (exact) mass is 678 g/mol. The Morgan fingerprint density at radius 2 is 1.73 bits per heavy atom. The van der Waals surface area contributed by atoms with Crippen molar-refractivity contribution in [1.82, 2.24) is 14.7 Å². The van der Waals surface area contributed by atoms with E-state index < -0.39 is 28.1 Å². The summed E-state index contributed by atoms with van der Waals surface area (Å²) in [6.07, 6.45) is 6.36. The van der Waals surface area contributed by atoms with Crippen molar-refractivity contribution in [2.75, 3.05) is 18.5 Å². The number of ether oxygens (including phenoxy) is 2. The highest BCUT2D eigenvalue weighted by molar-refractivity contribution is 7.90. The number of fused-ring (bicyclic) bond motifs is 5. The number of sulfonamides is 1. The van der Waals surface area contributed by atoms with Crippen LogP contribution in [0.2, 0.25) is 0 Å². The molecule has 0 unspecified atom stereocenters. The van der Waals surface area contributed by atoms with Crippen LogP contribution in [-0.2, 0) is 25.9 Å². The minimum atomic E-state index is -4.35. The topological polar surface area (TPSA) is 177 Å². The normalized spacial score (nSPS) is 26.0. The molecule has 0 spiro atoms. The molecule has 256 valence electrons. The Morgan fingerprint density at radius 3 is 2.44 bits per heavy atom. The number of phenols is 1. The summed E-state index contributed by atoms with van der Waals surface area (Å²) in [7, 11) is -4.35. The number of urea groups is 1. The number of nitrogens with zero attached hydrogens (tertiary/aromatic N) is 2. The molecule has 2 aromatic carbocycles. The number of benzene rings is 2. The van der Waals surface area contributed by atoms with Crippen LogP contribution >= 0.6 is 0 Å². The molecule has 4 N–H and O–H groups in total. The van der Waals surface area contributed by atoms with E-state index in [1.165, 1.54) is 54.7 Å². The van der Waals surface area contributed by atoms with Crippen LogP contribution < -0.4 is 10.0 Å². The molecule has 4 aliphatic rings. The highest BCUT2D eigenvalue weighted by Gasteiger charge is 2.54. The van der Waals surface area contributed by atoms with Crippen LogP contribution in [0.4, 0.5) is 10.7 Å². The summed E-state index contributed by atoms with van der Waals surface area (Å²) >= 11 is 0. The molecule has 0 bridgehead atoms. The number of amides is 2. The van der Waals surface area contributed by atoms with Crippen LogP contribution in [0.15, 0.2) is 53.4 Å². The first kappa shape index (κ1) is 33.8. The molecule has 2 heterocycles. The molecule has 1 aromatic heterocycles. The second-order valence-corrected chi connectivity index (χ2v) is 15.2. The summed E-state index contributed by atoms with van der Waals surface area (Å²) in [5.74, 6) is 1.64. The van der Waals surface area contributed by atoms with Gasteiger partial charge in [0.2, 0.25) is 5.95 Å². The number of aryl methyl sites for hydroxylation is 3. The smallest absolute Gasteiger partial charge is 0.339 e. The highest BCUT2D eigenvalue weighted by atomic mass is 32.2. The number of aliphatic hydroxyl groups is 1. The van der Waals surface area contributed by atoms with Gasteiger partial charge < -0.3 is 19.7 Å². The van der Waals surface area contributed by atoms with Crippen molar-refractivity contribution in [3.05, 3.63) is 76.6 Å². The number of aliphatic hydroxyl groups excluding tert-OH is 1. The molecule has 7 rings (SSSR count). The summed E-state index contributed by atoms with van der Waals surface area (Å²) in [5.41, 5.74) is 4.03. The molecule has 3 aliphatic carbocycles. The van der Waals surface area contributed by atoms with E-state index in [0.29, 0.717) is 29.0 Å². The fourth-order valence-corrected chi connectivity index (χ4v) is 9.10. The molecule has 2 saturated carbocycles. The van der Waals surface area contributed by atoms with E-state index in [1.807, 2.05) is 16.9 Å². The van der Waals surface area contributed by atoms with Crippen LogP contribution in [0.5, 0.6) is 5.75 Å². The number of aromatic nitrogens is 2. The van der Waals surface area contributed by atoms with E-state index in [9.17, 15) is 28.2 Å². The zero-order chi connectivity index (χ0) is 34.2. The number of rotatable bonds is 5. The average Bonchev–Trinajstić information content (AvgIpc) is 3.32. The lowest BCUT2D eigenvalue weighted by molar-refractivity contribution is -0.103. The summed E-state index contributed by atoms with van der Waals surface area (Å²) < 4.78 is 37.2. The maximum Gasteiger partial charge on any atom is 0.339 e. The lowest BCUT2D eigenvalue weighted by atomic mass is 9.55. The summed E-state index contributed by atoms with van der Waals surface area (Å²) in [6, 6.07) is 12.0. The van der Waals surface area contributed by atoms with E-state index in [-0.39, 0.29) is 41.1 Å². The summed E-state index contributed by atoms with van der Waals surface area (Å²) in [4.78, 5) is 32.0. The molecule has 2 amide bonds. The van der Waals surface area contributed by atoms with Crippen molar-refractivity contribution in [3.63, 3.8) is 0 Å². The SMILES string of the molecule is C[C@]12CC[C@@H]3c4ccc(O)cc4CC[C@H]3[C@@H]1CC[C@@H]2O.Cc1cc(C)nc(NC(=O)NS(=O)(=O)c2ccccc2C(=O)OC2COC2)n1. The van der Waals surface area contributed by atoms with Crippen molar-refractivity contribution in [2.24, 2.45) is 17.3 Å². The predicted molar refractivity (Wildman–Crippen MR) is 176 cm³/mol. The zero-order valence-corrected chi connectivity index (χ0v) is 28.1. The number of carbonyl (C=O) groups excluding carboxylic acids is 2. The Morgan fingerprint density at radius 1 is 1.00 bits per heavy atom. The first-order valence-electron chi connectivity index (χ1n) is 16.4. The summed E-state index contributed by atoms with van der Waals surface area (Å²) in [6.45, 7) is 6.26. The second kappa shape index (κ2) is 13.4. The Balaban J connectivity index is 0.000000176. The number of hydrogen-bond donors (Lipinski definition) is 4. The Hall–Kier alpha value is -4.07. The van der Waals surface area contributed by atoms with Gasteiger partial charge in [-0.25, -0.2) is 32.7 Å². The van der Waals surface area contributed by atoms with Gasteiger partial charge in [-0.15, -0.1) is 0 Å². The molecule has 13 heteroatoms. The molecule has 0 radical (unpaired) electrons. The molecular formula is C35H42N4O8S. The van der Waals surface area contributed by atoms with Crippen LogP contribution in [-0.4, -0.2) is 66.0 Å². The molecule has 12 nitrogen and oxygen atoms in total. The lowest BCUT2D eigenvalue weighted by Gasteiger charge is -2.50. The van der Waals surface area contributed by atoms with Crippen molar-refractivity contribution >= 4 is 28.0 Å². The highest BCUT2D eigenvalue weighted by Crippen LogP contribution is 2.60. The van der Waals surface area contributed by atoms with Gasteiger partial charge in [0.25, 0.3) is 10.0 Å². The number of nitrogens with one attached hydrogen (secondary N) is 2. The van der Waals surface area contributed by atoms with Gasteiger partial charge in [0.1, 0.15) is 16.7 Å². The predicted octanol–water partition coefficient (Wildman–Crippen LogP) is 4.77. The van der Waals surface area contributed by atoms with Gasteiger partial charge >= 0.3 is 12.0 Å². The van der Waals surface area contributed by atoms with Crippen molar-refractivity contribution in [3.8, 4) is 5.75 Å². The maximum absolute atomic E-state index is 12.6. The van der Waals surface area contributed by atoms with Crippen molar-refractivity contribution in [2.45, 2.75) is 82.3 Å². The third kappa shape index (κ3) is 6.90. The number of esters is 1. The first-order chi connectivity index (χ1) is 22.8. The Labute approximate surface area is 280 Å². The molecule has 48 heavy (non-hydrogen) atoms. The minimum Gasteiger partial charge on any atom is -0.508 e. The fourth-order valence-electron chi connectivity index (χ4n) is 7.99. The molecule has 5 atom stereocenters.